The standard InChI is InChI=1S/C16H18ClN3O3.ClH/c17-12-1-2-13-14(5-12)23-16(22)20(13)4-3-15(21)19-8-10-6-18-7-11(10)9-19;/h1-2,5,10-11,18H,3-4,6-9H2;1H/t10-,11+;. The lowest BCUT2D eigenvalue weighted by molar-refractivity contribution is -0.130. The first-order chi connectivity index (χ1) is 11.1. The number of rotatable bonds is 3. The fourth-order valence-electron chi connectivity index (χ4n) is 3.68. The predicted molar refractivity (Wildman–Crippen MR) is 93.8 cm³/mol. The molecule has 4 rings (SSSR count). The molecule has 2 atom stereocenters. The predicted octanol–water partition coefficient (Wildman–Crippen LogP) is 1.74. The summed E-state index contributed by atoms with van der Waals surface area (Å²) in [5.74, 6) is 0.823. The number of hydrogen-bond acceptors (Lipinski definition) is 4. The molecular weight excluding hydrogens is 353 g/mol. The molecule has 3 heterocycles. The van der Waals surface area contributed by atoms with E-state index in [0.29, 0.717) is 40.9 Å². The summed E-state index contributed by atoms with van der Waals surface area (Å²) in [6.45, 7) is 3.98. The molecule has 2 aliphatic heterocycles. The summed E-state index contributed by atoms with van der Waals surface area (Å²) in [5.41, 5.74) is 1.13. The van der Waals surface area contributed by atoms with Crippen molar-refractivity contribution in [2.75, 3.05) is 26.2 Å². The van der Waals surface area contributed by atoms with Gasteiger partial charge in [-0.1, -0.05) is 11.6 Å². The van der Waals surface area contributed by atoms with Gasteiger partial charge in [0.1, 0.15) is 0 Å². The molecule has 1 aromatic heterocycles. The van der Waals surface area contributed by atoms with Crippen LogP contribution in [0.5, 0.6) is 0 Å². The lowest BCUT2D eigenvalue weighted by Gasteiger charge is -2.17. The minimum Gasteiger partial charge on any atom is -0.408 e. The minimum absolute atomic E-state index is 0. The molecule has 8 heteroatoms. The number of oxazole rings is 1. The SMILES string of the molecule is Cl.O=C(CCn1c(=O)oc2cc(Cl)ccc21)N1C[C@H]2CNC[C@H]2C1. The Balaban J connectivity index is 0.00000169. The molecule has 0 bridgehead atoms. The Hall–Kier alpha value is -1.50. The first kappa shape index (κ1) is 17.3. The number of benzene rings is 1. The van der Waals surface area contributed by atoms with E-state index >= 15 is 0 Å². The highest BCUT2D eigenvalue weighted by Crippen LogP contribution is 2.26. The van der Waals surface area contributed by atoms with Gasteiger partial charge in [-0.05, 0) is 24.0 Å². The molecule has 0 radical (unpaired) electrons. The Morgan fingerprint density at radius 3 is 2.71 bits per heavy atom. The Morgan fingerprint density at radius 2 is 2.00 bits per heavy atom. The summed E-state index contributed by atoms with van der Waals surface area (Å²) >= 11 is 5.90. The second-order valence-corrected chi connectivity index (χ2v) is 6.80. The maximum absolute atomic E-state index is 12.4. The quantitative estimate of drug-likeness (QED) is 0.891. The van der Waals surface area contributed by atoms with Crippen molar-refractivity contribution in [3.63, 3.8) is 0 Å². The lowest BCUT2D eigenvalue weighted by Crippen LogP contribution is -2.33. The molecule has 1 N–H and O–H groups in total. The van der Waals surface area contributed by atoms with Crippen molar-refractivity contribution in [3.05, 3.63) is 33.8 Å². The molecule has 2 aromatic rings. The molecule has 0 saturated carbocycles. The smallest absolute Gasteiger partial charge is 0.408 e. The van der Waals surface area contributed by atoms with Gasteiger partial charge in [0.15, 0.2) is 5.58 Å². The zero-order valence-electron chi connectivity index (χ0n) is 13.0. The van der Waals surface area contributed by atoms with Crippen molar-refractivity contribution in [3.8, 4) is 0 Å². The molecule has 2 saturated heterocycles. The number of nitrogens with zero attached hydrogens (tertiary/aromatic N) is 2. The average Bonchev–Trinajstić information content (AvgIpc) is 3.16. The summed E-state index contributed by atoms with van der Waals surface area (Å²) in [6.07, 6.45) is 0.310. The summed E-state index contributed by atoms with van der Waals surface area (Å²) < 4.78 is 6.69. The van der Waals surface area contributed by atoms with Crippen molar-refractivity contribution >= 4 is 41.0 Å². The maximum atomic E-state index is 12.4. The van der Waals surface area contributed by atoms with E-state index in [1.165, 1.54) is 4.57 Å². The van der Waals surface area contributed by atoms with Crippen LogP contribution in [0.4, 0.5) is 0 Å². The van der Waals surface area contributed by atoms with Crippen molar-refractivity contribution in [1.82, 2.24) is 14.8 Å². The summed E-state index contributed by atoms with van der Waals surface area (Å²) in [7, 11) is 0. The third-order valence-corrected chi connectivity index (χ3v) is 5.16. The molecule has 2 fully saturated rings. The van der Waals surface area contributed by atoms with Crippen molar-refractivity contribution in [1.29, 1.82) is 0 Å². The number of nitrogens with one attached hydrogen (secondary N) is 1. The third kappa shape index (κ3) is 3.06. The molecular formula is C16H19Cl2N3O3. The van der Waals surface area contributed by atoms with E-state index in [9.17, 15) is 9.59 Å². The van der Waals surface area contributed by atoms with Gasteiger partial charge in [-0.25, -0.2) is 4.79 Å². The Bertz CT molecular complexity index is 804. The summed E-state index contributed by atoms with van der Waals surface area (Å²) in [6, 6.07) is 5.08. The number of carbonyl (C=O) groups is 1. The van der Waals surface area contributed by atoms with E-state index in [-0.39, 0.29) is 18.3 Å². The topological polar surface area (TPSA) is 67.5 Å². The van der Waals surface area contributed by atoms with Gasteiger partial charge in [0, 0.05) is 50.2 Å². The average molecular weight is 372 g/mol. The van der Waals surface area contributed by atoms with E-state index < -0.39 is 5.76 Å². The van der Waals surface area contributed by atoms with E-state index in [2.05, 4.69) is 5.32 Å². The number of hydrogen-bond donors (Lipinski definition) is 1. The molecule has 1 amide bonds. The fourth-order valence-corrected chi connectivity index (χ4v) is 3.84. The van der Waals surface area contributed by atoms with Crippen LogP contribution in [0.15, 0.2) is 27.4 Å². The van der Waals surface area contributed by atoms with Crippen LogP contribution in [-0.4, -0.2) is 41.6 Å². The highest BCUT2D eigenvalue weighted by molar-refractivity contribution is 6.31. The number of amides is 1. The maximum Gasteiger partial charge on any atom is 0.419 e. The van der Waals surface area contributed by atoms with Crippen LogP contribution in [0.2, 0.25) is 5.02 Å². The van der Waals surface area contributed by atoms with Crippen LogP contribution in [0, 0.1) is 11.8 Å². The second kappa shape index (κ2) is 6.78. The van der Waals surface area contributed by atoms with E-state index in [1.54, 1.807) is 18.2 Å². The second-order valence-electron chi connectivity index (χ2n) is 6.36. The van der Waals surface area contributed by atoms with Crippen LogP contribution in [0.25, 0.3) is 11.1 Å². The zero-order chi connectivity index (χ0) is 16.0. The molecule has 2 aliphatic rings. The summed E-state index contributed by atoms with van der Waals surface area (Å²) in [4.78, 5) is 26.3. The third-order valence-electron chi connectivity index (χ3n) is 4.92. The van der Waals surface area contributed by atoms with E-state index in [0.717, 1.165) is 26.2 Å². The summed E-state index contributed by atoms with van der Waals surface area (Å²) in [5, 5.41) is 3.88. The van der Waals surface area contributed by atoms with Gasteiger partial charge >= 0.3 is 5.76 Å². The molecule has 24 heavy (non-hydrogen) atoms. The van der Waals surface area contributed by atoms with Gasteiger partial charge in [0.05, 0.1) is 5.52 Å². The molecule has 1 aromatic carbocycles. The highest BCUT2D eigenvalue weighted by Gasteiger charge is 2.37. The number of aryl methyl sites for hydroxylation is 1. The van der Waals surface area contributed by atoms with Crippen LogP contribution < -0.4 is 11.1 Å². The van der Waals surface area contributed by atoms with E-state index in [4.69, 9.17) is 16.0 Å². The zero-order valence-corrected chi connectivity index (χ0v) is 14.6. The van der Waals surface area contributed by atoms with Crippen molar-refractivity contribution < 1.29 is 9.21 Å². The monoisotopic (exact) mass is 371 g/mol. The number of halogens is 2. The highest BCUT2D eigenvalue weighted by atomic mass is 35.5. The van der Waals surface area contributed by atoms with E-state index in [1.807, 2.05) is 4.90 Å². The molecule has 6 nitrogen and oxygen atoms in total. The van der Waals surface area contributed by atoms with Crippen LogP contribution in [0.3, 0.4) is 0 Å². The lowest BCUT2D eigenvalue weighted by atomic mass is 10.0. The first-order valence-corrected chi connectivity index (χ1v) is 8.27. The molecule has 130 valence electrons. The Kier molecular flexibility index (Phi) is 4.90. The van der Waals surface area contributed by atoms with Crippen LogP contribution in [0.1, 0.15) is 6.42 Å². The molecule has 0 spiro atoms. The van der Waals surface area contributed by atoms with Gasteiger partial charge in [0.2, 0.25) is 5.91 Å². The Morgan fingerprint density at radius 1 is 1.29 bits per heavy atom. The van der Waals surface area contributed by atoms with Gasteiger partial charge in [-0.3, -0.25) is 9.36 Å². The van der Waals surface area contributed by atoms with Crippen molar-refractivity contribution in [2.45, 2.75) is 13.0 Å². The fraction of sp³-hybridized carbons (Fsp3) is 0.500. The van der Waals surface area contributed by atoms with Gasteiger partial charge in [0.25, 0.3) is 0 Å². The number of carbonyl (C=O) groups excluding carboxylic acids is 1. The largest absolute Gasteiger partial charge is 0.419 e. The molecule has 0 aliphatic carbocycles. The number of fused-ring (bicyclic) bond motifs is 2. The van der Waals surface area contributed by atoms with Gasteiger partial charge in [-0.2, -0.15) is 0 Å². The number of aromatic nitrogens is 1. The van der Waals surface area contributed by atoms with Gasteiger partial charge in [-0.15, -0.1) is 12.4 Å². The Labute approximate surface area is 150 Å². The normalized spacial score (nSPS) is 22.6. The first-order valence-electron chi connectivity index (χ1n) is 7.89. The van der Waals surface area contributed by atoms with Crippen LogP contribution in [-0.2, 0) is 11.3 Å². The number of likely N-dealkylation sites (tertiary alicyclic amines) is 1. The minimum atomic E-state index is -0.447. The van der Waals surface area contributed by atoms with Gasteiger partial charge < -0.3 is 14.6 Å². The molecule has 0 unspecified atom stereocenters. The van der Waals surface area contributed by atoms with Crippen LogP contribution >= 0.6 is 24.0 Å². The van der Waals surface area contributed by atoms with Crippen molar-refractivity contribution in [2.24, 2.45) is 11.8 Å².